The molecule has 27 heavy (non-hydrogen) atoms. The van der Waals surface area contributed by atoms with Gasteiger partial charge in [-0.3, -0.25) is 4.79 Å². The Morgan fingerprint density at radius 3 is 2.37 bits per heavy atom. The largest absolute Gasteiger partial charge is 0.438 e. The van der Waals surface area contributed by atoms with Crippen LogP contribution in [0.2, 0.25) is 0 Å². The number of aryl methyl sites for hydroxylation is 2. The summed E-state index contributed by atoms with van der Waals surface area (Å²) in [7, 11) is 0. The monoisotopic (exact) mass is 375 g/mol. The number of carbonyl (C=O) groups excluding carboxylic acids is 1. The fourth-order valence-electron chi connectivity index (χ4n) is 2.80. The first-order valence-electron chi connectivity index (χ1n) is 8.44. The summed E-state index contributed by atoms with van der Waals surface area (Å²) >= 11 is 1.63. The Labute approximate surface area is 160 Å². The molecule has 0 bridgehead atoms. The summed E-state index contributed by atoms with van der Waals surface area (Å²) in [5, 5.41) is 0.913. The van der Waals surface area contributed by atoms with Crippen LogP contribution in [-0.4, -0.2) is 15.9 Å². The lowest BCUT2D eigenvalue weighted by atomic mass is 10.2. The molecule has 2 aromatic carbocycles. The van der Waals surface area contributed by atoms with Crippen LogP contribution in [0.4, 0.5) is 0 Å². The van der Waals surface area contributed by atoms with Crippen LogP contribution < -0.4 is 10.5 Å². The van der Waals surface area contributed by atoms with Crippen LogP contribution in [0.3, 0.4) is 0 Å². The molecule has 6 heteroatoms. The van der Waals surface area contributed by atoms with Gasteiger partial charge in [-0.1, -0.05) is 30.3 Å². The minimum atomic E-state index is -0.471. The molecule has 0 radical (unpaired) electrons. The molecule has 0 unspecified atom stereocenters. The number of benzene rings is 2. The summed E-state index contributed by atoms with van der Waals surface area (Å²) in [5.74, 6) is 1.24. The van der Waals surface area contributed by atoms with E-state index in [2.05, 4.69) is 11.9 Å². The molecule has 2 heterocycles. The Bertz CT molecular complexity index is 1140. The highest BCUT2D eigenvalue weighted by molar-refractivity contribution is 7.18. The molecule has 5 nitrogen and oxygen atoms in total. The molecule has 4 aromatic rings. The number of nitrogens with zero attached hydrogens (tertiary/aromatic N) is 2. The number of fused-ring (bicyclic) bond motifs is 1. The van der Waals surface area contributed by atoms with E-state index in [0.29, 0.717) is 23.0 Å². The van der Waals surface area contributed by atoms with Crippen molar-refractivity contribution in [3.8, 4) is 23.0 Å². The van der Waals surface area contributed by atoms with Crippen LogP contribution in [0, 0.1) is 13.8 Å². The maximum Gasteiger partial charge on any atom is 0.248 e. The Kier molecular flexibility index (Phi) is 4.33. The van der Waals surface area contributed by atoms with E-state index in [-0.39, 0.29) is 0 Å². The number of carbonyl (C=O) groups is 1. The molecule has 0 saturated heterocycles. The van der Waals surface area contributed by atoms with Crippen molar-refractivity contribution in [3.05, 3.63) is 70.6 Å². The maximum absolute atomic E-state index is 11.3. The van der Waals surface area contributed by atoms with Gasteiger partial charge in [-0.15, -0.1) is 11.3 Å². The number of nitrogens with two attached hydrogens (primary N) is 1. The van der Waals surface area contributed by atoms with Gasteiger partial charge in [0.15, 0.2) is 5.82 Å². The fourth-order valence-corrected chi connectivity index (χ4v) is 3.82. The van der Waals surface area contributed by atoms with Gasteiger partial charge in [-0.05, 0) is 43.7 Å². The average Bonchev–Trinajstić information content (AvgIpc) is 2.97. The molecule has 2 aromatic heterocycles. The third-order valence-electron chi connectivity index (χ3n) is 4.38. The third kappa shape index (κ3) is 3.27. The molecule has 2 N–H and O–H groups in total. The Hall–Kier alpha value is -3.25. The summed E-state index contributed by atoms with van der Waals surface area (Å²) in [6, 6.07) is 16.5. The summed E-state index contributed by atoms with van der Waals surface area (Å²) in [5.41, 5.74) is 7.77. The second-order valence-corrected chi connectivity index (χ2v) is 7.38. The Balaban J connectivity index is 1.83. The van der Waals surface area contributed by atoms with Crippen molar-refractivity contribution in [2.24, 2.45) is 5.73 Å². The molecule has 0 aliphatic heterocycles. The second-order valence-electron chi connectivity index (χ2n) is 6.17. The van der Waals surface area contributed by atoms with Crippen LogP contribution in [0.1, 0.15) is 20.8 Å². The van der Waals surface area contributed by atoms with Gasteiger partial charge < -0.3 is 10.5 Å². The molecule has 0 aliphatic rings. The maximum atomic E-state index is 11.3. The van der Waals surface area contributed by atoms with Crippen molar-refractivity contribution in [1.82, 2.24) is 9.97 Å². The number of hydrogen-bond acceptors (Lipinski definition) is 5. The second kappa shape index (κ2) is 6.81. The lowest BCUT2D eigenvalue weighted by Gasteiger charge is -2.09. The van der Waals surface area contributed by atoms with Gasteiger partial charge in [0.1, 0.15) is 10.6 Å². The first-order valence-corrected chi connectivity index (χ1v) is 9.25. The predicted octanol–water partition coefficient (Wildman–Crippen LogP) is 4.87. The first kappa shape index (κ1) is 17.2. The number of thiophene rings is 1. The quantitative estimate of drug-likeness (QED) is 0.552. The van der Waals surface area contributed by atoms with Crippen LogP contribution in [0.15, 0.2) is 54.6 Å². The molecular weight excluding hydrogens is 358 g/mol. The van der Waals surface area contributed by atoms with E-state index in [4.69, 9.17) is 15.5 Å². The Morgan fingerprint density at radius 1 is 1.00 bits per heavy atom. The van der Waals surface area contributed by atoms with Crippen molar-refractivity contribution in [2.75, 3.05) is 0 Å². The number of ether oxygens (including phenoxy) is 1. The number of amides is 1. The fraction of sp³-hybridized carbons (Fsp3) is 0.0952. The lowest BCUT2D eigenvalue weighted by molar-refractivity contribution is 0.100. The van der Waals surface area contributed by atoms with Crippen molar-refractivity contribution in [2.45, 2.75) is 13.8 Å². The smallest absolute Gasteiger partial charge is 0.248 e. The summed E-state index contributed by atoms with van der Waals surface area (Å²) < 4.78 is 6.09. The van der Waals surface area contributed by atoms with Gasteiger partial charge in [0, 0.05) is 16.0 Å². The van der Waals surface area contributed by atoms with Crippen LogP contribution in [-0.2, 0) is 0 Å². The van der Waals surface area contributed by atoms with E-state index in [0.717, 1.165) is 21.3 Å². The molecule has 4 rings (SSSR count). The zero-order valence-corrected chi connectivity index (χ0v) is 15.7. The van der Waals surface area contributed by atoms with Gasteiger partial charge in [0.2, 0.25) is 11.8 Å². The average molecular weight is 375 g/mol. The number of aromatic nitrogens is 2. The van der Waals surface area contributed by atoms with Crippen molar-refractivity contribution < 1.29 is 9.53 Å². The van der Waals surface area contributed by atoms with E-state index in [9.17, 15) is 4.79 Å². The minimum Gasteiger partial charge on any atom is -0.438 e. The topological polar surface area (TPSA) is 78.1 Å². The highest BCUT2D eigenvalue weighted by Crippen LogP contribution is 2.37. The van der Waals surface area contributed by atoms with Crippen molar-refractivity contribution >= 4 is 27.5 Å². The van der Waals surface area contributed by atoms with E-state index in [1.165, 1.54) is 4.88 Å². The van der Waals surface area contributed by atoms with E-state index in [1.807, 2.05) is 37.3 Å². The van der Waals surface area contributed by atoms with Gasteiger partial charge in [0.05, 0.1) is 5.39 Å². The van der Waals surface area contributed by atoms with Crippen molar-refractivity contribution in [3.63, 3.8) is 0 Å². The molecule has 0 atom stereocenters. The number of primary amides is 1. The normalized spacial score (nSPS) is 10.9. The molecular formula is C21H17N3O2S. The summed E-state index contributed by atoms with van der Waals surface area (Å²) in [4.78, 5) is 22.7. The summed E-state index contributed by atoms with van der Waals surface area (Å²) in [6.45, 7) is 4.11. The minimum absolute atomic E-state index is 0.433. The highest BCUT2D eigenvalue weighted by atomic mass is 32.1. The molecule has 0 saturated carbocycles. The predicted molar refractivity (Wildman–Crippen MR) is 107 cm³/mol. The molecule has 0 aliphatic carbocycles. The Morgan fingerprint density at radius 2 is 1.70 bits per heavy atom. The van der Waals surface area contributed by atoms with Crippen LogP contribution in [0.5, 0.6) is 11.6 Å². The zero-order valence-electron chi connectivity index (χ0n) is 14.9. The summed E-state index contributed by atoms with van der Waals surface area (Å²) in [6.07, 6.45) is 0. The van der Waals surface area contributed by atoms with Gasteiger partial charge in [0.25, 0.3) is 0 Å². The van der Waals surface area contributed by atoms with Crippen LogP contribution in [0.25, 0.3) is 21.6 Å². The standard InChI is InChI=1S/C21H17N3O2S/c1-12-13(2)27-21-17(12)20(23-19(24-21)15-6-4-3-5-7-15)26-16-10-8-14(9-11-16)18(22)25/h3-11H,1-2H3,(H2,22,25). The molecule has 1 amide bonds. The van der Waals surface area contributed by atoms with E-state index >= 15 is 0 Å². The highest BCUT2D eigenvalue weighted by Gasteiger charge is 2.17. The number of hydrogen-bond donors (Lipinski definition) is 1. The number of rotatable bonds is 4. The molecule has 0 fully saturated rings. The van der Waals surface area contributed by atoms with Crippen LogP contribution >= 0.6 is 11.3 Å². The van der Waals surface area contributed by atoms with Gasteiger partial charge in [-0.2, -0.15) is 4.98 Å². The molecule has 134 valence electrons. The zero-order chi connectivity index (χ0) is 19.0. The lowest BCUT2D eigenvalue weighted by Crippen LogP contribution is -2.10. The third-order valence-corrected chi connectivity index (χ3v) is 5.48. The van der Waals surface area contributed by atoms with Gasteiger partial charge in [-0.25, -0.2) is 4.98 Å². The molecule has 0 spiro atoms. The van der Waals surface area contributed by atoms with Crippen molar-refractivity contribution in [1.29, 1.82) is 0 Å². The first-order chi connectivity index (χ1) is 13.0. The van der Waals surface area contributed by atoms with Gasteiger partial charge >= 0.3 is 0 Å². The SMILES string of the molecule is Cc1sc2nc(-c3ccccc3)nc(Oc3ccc(C(N)=O)cc3)c2c1C. The van der Waals surface area contributed by atoms with E-state index < -0.39 is 5.91 Å². The van der Waals surface area contributed by atoms with E-state index in [1.54, 1.807) is 35.6 Å².